The van der Waals surface area contributed by atoms with Crippen LogP contribution in [0.3, 0.4) is 0 Å². The molecule has 1 atom stereocenters. The summed E-state index contributed by atoms with van der Waals surface area (Å²) in [5.41, 5.74) is 5.72. The van der Waals surface area contributed by atoms with Crippen LogP contribution in [0.2, 0.25) is 0 Å². The van der Waals surface area contributed by atoms with Crippen LogP contribution in [0.15, 0.2) is 18.2 Å². The number of hydrogen-bond donors (Lipinski definition) is 2. The molecular formula is C13H19N3O4. The molecule has 0 saturated carbocycles. The minimum absolute atomic E-state index is 0.150. The molecule has 7 nitrogen and oxygen atoms in total. The molecule has 0 saturated heterocycles. The SMILES string of the molecule is CCCC(CN)C(=O)Nc1ccc(OC)c([N+](=O)[O-])c1. The predicted molar refractivity (Wildman–Crippen MR) is 75.7 cm³/mol. The Hall–Kier alpha value is -2.15. The summed E-state index contributed by atoms with van der Waals surface area (Å²) in [5, 5.41) is 13.5. The lowest BCUT2D eigenvalue weighted by molar-refractivity contribution is -0.385. The number of nitrogens with one attached hydrogen (secondary N) is 1. The van der Waals surface area contributed by atoms with Crippen molar-refractivity contribution in [1.29, 1.82) is 0 Å². The van der Waals surface area contributed by atoms with E-state index in [9.17, 15) is 14.9 Å². The Morgan fingerprint density at radius 3 is 2.75 bits per heavy atom. The average molecular weight is 281 g/mol. The van der Waals surface area contributed by atoms with Crippen molar-refractivity contribution in [3.05, 3.63) is 28.3 Å². The zero-order valence-corrected chi connectivity index (χ0v) is 11.6. The number of carbonyl (C=O) groups is 1. The zero-order chi connectivity index (χ0) is 15.1. The third-order valence-corrected chi connectivity index (χ3v) is 2.94. The molecule has 7 heteroatoms. The van der Waals surface area contributed by atoms with Crippen LogP contribution in [-0.2, 0) is 4.79 Å². The monoisotopic (exact) mass is 281 g/mol. The molecule has 1 rings (SSSR count). The van der Waals surface area contributed by atoms with E-state index in [0.29, 0.717) is 12.1 Å². The highest BCUT2D eigenvalue weighted by Crippen LogP contribution is 2.29. The average Bonchev–Trinajstić information content (AvgIpc) is 2.44. The minimum atomic E-state index is -0.555. The second-order valence-electron chi connectivity index (χ2n) is 4.35. The highest BCUT2D eigenvalue weighted by molar-refractivity contribution is 5.93. The Labute approximate surface area is 117 Å². The zero-order valence-electron chi connectivity index (χ0n) is 11.6. The van der Waals surface area contributed by atoms with Crippen molar-refractivity contribution >= 4 is 17.3 Å². The second kappa shape index (κ2) is 7.44. The van der Waals surface area contributed by atoms with Gasteiger partial charge in [0.2, 0.25) is 5.91 Å². The number of rotatable bonds is 7. The Morgan fingerprint density at radius 1 is 1.55 bits per heavy atom. The molecule has 0 aliphatic carbocycles. The number of hydrogen-bond acceptors (Lipinski definition) is 5. The van der Waals surface area contributed by atoms with Crippen molar-refractivity contribution < 1.29 is 14.5 Å². The fourth-order valence-electron chi connectivity index (χ4n) is 1.86. The first-order chi connectivity index (χ1) is 9.53. The van der Waals surface area contributed by atoms with Gasteiger partial charge in [-0.2, -0.15) is 0 Å². The number of nitro groups is 1. The Bertz CT molecular complexity index is 491. The van der Waals surface area contributed by atoms with Crippen molar-refractivity contribution in [2.45, 2.75) is 19.8 Å². The highest BCUT2D eigenvalue weighted by Gasteiger charge is 2.19. The van der Waals surface area contributed by atoms with Crippen molar-refractivity contribution in [2.75, 3.05) is 19.0 Å². The van der Waals surface area contributed by atoms with Gasteiger partial charge in [0.25, 0.3) is 0 Å². The van der Waals surface area contributed by atoms with E-state index >= 15 is 0 Å². The Kier molecular flexibility index (Phi) is 5.92. The van der Waals surface area contributed by atoms with Gasteiger partial charge in [-0.25, -0.2) is 0 Å². The van der Waals surface area contributed by atoms with Crippen molar-refractivity contribution in [3.8, 4) is 5.75 Å². The second-order valence-corrected chi connectivity index (χ2v) is 4.35. The largest absolute Gasteiger partial charge is 0.490 e. The standard InChI is InChI=1S/C13H19N3O4/c1-3-4-9(8-14)13(17)15-10-5-6-12(20-2)11(7-10)16(18)19/h5-7,9H,3-4,8,14H2,1-2H3,(H,15,17). The molecule has 1 aromatic carbocycles. The van der Waals surface area contributed by atoms with E-state index in [1.165, 1.54) is 19.2 Å². The molecule has 0 radical (unpaired) electrons. The maximum absolute atomic E-state index is 12.0. The molecule has 0 spiro atoms. The van der Waals surface area contributed by atoms with Crippen LogP contribution >= 0.6 is 0 Å². The summed E-state index contributed by atoms with van der Waals surface area (Å²) in [6.45, 7) is 2.21. The van der Waals surface area contributed by atoms with Gasteiger partial charge in [0.1, 0.15) is 0 Å². The smallest absolute Gasteiger partial charge is 0.312 e. The summed E-state index contributed by atoms with van der Waals surface area (Å²) in [5.74, 6) is -0.369. The van der Waals surface area contributed by atoms with Gasteiger partial charge in [-0.05, 0) is 18.6 Å². The summed E-state index contributed by atoms with van der Waals surface area (Å²) in [6.07, 6.45) is 1.53. The van der Waals surface area contributed by atoms with Gasteiger partial charge < -0.3 is 15.8 Å². The van der Waals surface area contributed by atoms with Crippen molar-refractivity contribution in [1.82, 2.24) is 0 Å². The normalized spacial score (nSPS) is 11.8. The van der Waals surface area contributed by atoms with Crippen LogP contribution in [-0.4, -0.2) is 24.5 Å². The van der Waals surface area contributed by atoms with Crippen LogP contribution in [0.1, 0.15) is 19.8 Å². The quantitative estimate of drug-likeness (QED) is 0.586. The summed E-state index contributed by atoms with van der Waals surface area (Å²) >= 11 is 0. The van der Waals surface area contributed by atoms with Crippen LogP contribution in [0.4, 0.5) is 11.4 Å². The van der Waals surface area contributed by atoms with Gasteiger partial charge in [-0.15, -0.1) is 0 Å². The number of nitro benzene ring substituents is 1. The summed E-state index contributed by atoms with van der Waals surface area (Å²) in [6, 6.07) is 4.28. The summed E-state index contributed by atoms with van der Waals surface area (Å²) < 4.78 is 4.90. The number of amides is 1. The fraction of sp³-hybridized carbons (Fsp3) is 0.462. The third kappa shape index (κ3) is 3.92. The van der Waals surface area contributed by atoms with Crippen LogP contribution in [0, 0.1) is 16.0 Å². The Balaban J connectivity index is 2.90. The molecule has 0 bridgehead atoms. The number of ether oxygens (including phenoxy) is 1. The molecule has 0 heterocycles. The number of methoxy groups -OCH3 is 1. The maximum Gasteiger partial charge on any atom is 0.312 e. The number of carbonyl (C=O) groups excluding carboxylic acids is 1. The van der Waals surface area contributed by atoms with Crippen molar-refractivity contribution in [3.63, 3.8) is 0 Å². The van der Waals surface area contributed by atoms with Gasteiger partial charge in [0, 0.05) is 18.3 Å². The first-order valence-corrected chi connectivity index (χ1v) is 6.36. The van der Waals surface area contributed by atoms with E-state index in [0.717, 1.165) is 6.42 Å². The number of nitrogens with two attached hydrogens (primary N) is 1. The molecule has 0 aromatic heterocycles. The lowest BCUT2D eigenvalue weighted by Crippen LogP contribution is -2.29. The summed E-state index contributed by atoms with van der Waals surface area (Å²) in [4.78, 5) is 22.3. The molecule has 3 N–H and O–H groups in total. The van der Waals surface area contributed by atoms with Crippen LogP contribution in [0.5, 0.6) is 5.75 Å². The van der Waals surface area contributed by atoms with Gasteiger partial charge in [0.05, 0.1) is 18.0 Å². The first kappa shape index (κ1) is 15.9. The molecule has 110 valence electrons. The summed E-state index contributed by atoms with van der Waals surface area (Å²) in [7, 11) is 1.35. The third-order valence-electron chi connectivity index (χ3n) is 2.94. The van der Waals surface area contributed by atoms with Gasteiger partial charge in [0.15, 0.2) is 5.75 Å². The first-order valence-electron chi connectivity index (χ1n) is 6.36. The predicted octanol–water partition coefficient (Wildman–Crippen LogP) is 1.92. The Morgan fingerprint density at radius 2 is 2.25 bits per heavy atom. The van der Waals surface area contributed by atoms with Gasteiger partial charge in [-0.3, -0.25) is 14.9 Å². The molecule has 1 unspecified atom stereocenters. The van der Waals surface area contributed by atoms with E-state index in [2.05, 4.69) is 5.32 Å². The topological polar surface area (TPSA) is 107 Å². The van der Waals surface area contributed by atoms with Gasteiger partial charge >= 0.3 is 5.69 Å². The van der Waals surface area contributed by atoms with E-state index in [1.807, 2.05) is 6.92 Å². The van der Waals surface area contributed by atoms with E-state index in [-0.39, 0.29) is 29.8 Å². The number of benzene rings is 1. The van der Waals surface area contributed by atoms with Crippen LogP contribution < -0.4 is 15.8 Å². The molecule has 1 aromatic rings. The van der Waals surface area contributed by atoms with Crippen LogP contribution in [0.25, 0.3) is 0 Å². The van der Waals surface area contributed by atoms with E-state index in [1.54, 1.807) is 6.07 Å². The lowest BCUT2D eigenvalue weighted by atomic mass is 10.0. The highest BCUT2D eigenvalue weighted by atomic mass is 16.6. The molecule has 0 aliphatic rings. The molecule has 0 aliphatic heterocycles. The molecule has 1 amide bonds. The number of nitrogens with zero attached hydrogens (tertiary/aromatic N) is 1. The fourth-order valence-corrected chi connectivity index (χ4v) is 1.86. The van der Waals surface area contributed by atoms with Crippen molar-refractivity contribution in [2.24, 2.45) is 11.7 Å². The van der Waals surface area contributed by atoms with E-state index < -0.39 is 4.92 Å². The molecular weight excluding hydrogens is 262 g/mol. The lowest BCUT2D eigenvalue weighted by Gasteiger charge is -2.14. The molecule has 20 heavy (non-hydrogen) atoms. The van der Waals surface area contributed by atoms with Gasteiger partial charge in [-0.1, -0.05) is 13.3 Å². The maximum atomic E-state index is 12.0. The molecule has 0 fully saturated rings. The number of anilines is 1. The minimum Gasteiger partial charge on any atom is -0.490 e. The van der Waals surface area contributed by atoms with E-state index in [4.69, 9.17) is 10.5 Å².